The van der Waals surface area contributed by atoms with Crippen LogP contribution in [0, 0.1) is 0 Å². The standard InChI is InChI=1S/C14H19F3N2O/c1-13(2,3)11-6-10(4-5-19-9-18)7-12(8-11)20-14(15,16)17/h6-9H,4-5H2,1-3H3,(H2,18,19). The Morgan fingerprint density at radius 2 is 1.85 bits per heavy atom. The second-order valence-electron chi connectivity index (χ2n) is 5.47. The molecule has 2 N–H and O–H groups in total. The van der Waals surface area contributed by atoms with Gasteiger partial charge in [-0.25, -0.2) is 0 Å². The molecule has 0 radical (unpaired) electrons. The fourth-order valence-corrected chi connectivity index (χ4v) is 1.70. The highest BCUT2D eigenvalue weighted by molar-refractivity contribution is 5.51. The Balaban J connectivity index is 3.08. The van der Waals surface area contributed by atoms with Gasteiger partial charge in [-0.3, -0.25) is 4.99 Å². The van der Waals surface area contributed by atoms with E-state index in [0.29, 0.717) is 13.0 Å². The second kappa shape index (κ2) is 6.15. The minimum absolute atomic E-state index is 0.198. The van der Waals surface area contributed by atoms with Crippen molar-refractivity contribution in [3.05, 3.63) is 29.3 Å². The highest BCUT2D eigenvalue weighted by atomic mass is 19.4. The van der Waals surface area contributed by atoms with E-state index in [9.17, 15) is 13.2 Å². The summed E-state index contributed by atoms with van der Waals surface area (Å²) < 4.78 is 41.1. The van der Waals surface area contributed by atoms with Gasteiger partial charge in [0, 0.05) is 6.54 Å². The van der Waals surface area contributed by atoms with E-state index in [1.165, 1.54) is 18.5 Å². The molecule has 1 aromatic rings. The SMILES string of the molecule is CC(C)(C)c1cc(CC/N=C/N)cc(OC(F)(F)F)c1. The number of aliphatic imine (C=N–C) groups is 1. The van der Waals surface area contributed by atoms with Gasteiger partial charge in [-0.2, -0.15) is 0 Å². The lowest BCUT2D eigenvalue weighted by molar-refractivity contribution is -0.274. The van der Waals surface area contributed by atoms with E-state index in [1.807, 2.05) is 26.8 Å². The third-order valence-corrected chi connectivity index (χ3v) is 2.70. The zero-order valence-electron chi connectivity index (χ0n) is 11.8. The Kier molecular flexibility index (Phi) is 5.03. The number of ether oxygens (including phenoxy) is 1. The molecule has 0 atom stereocenters. The van der Waals surface area contributed by atoms with Crippen molar-refractivity contribution in [1.82, 2.24) is 0 Å². The number of hydrogen-bond donors (Lipinski definition) is 1. The van der Waals surface area contributed by atoms with Gasteiger partial charge in [0.15, 0.2) is 0 Å². The lowest BCUT2D eigenvalue weighted by atomic mass is 9.85. The molecular weight excluding hydrogens is 269 g/mol. The van der Waals surface area contributed by atoms with E-state index in [4.69, 9.17) is 5.73 Å². The molecule has 0 fully saturated rings. The van der Waals surface area contributed by atoms with Gasteiger partial charge in [-0.1, -0.05) is 26.8 Å². The lowest BCUT2D eigenvalue weighted by Gasteiger charge is -2.21. The predicted octanol–water partition coefficient (Wildman–Crippen LogP) is 3.41. The third-order valence-electron chi connectivity index (χ3n) is 2.70. The first-order valence-electron chi connectivity index (χ1n) is 6.22. The molecular formula is C14H19F3N2O. The zero-order valence-corrected chi connectivity index (χ0v) is 11.8. The summed E-state index contributed by atoms with van der Waals surface area (Å²) in [5, 5.41) is 0. The summed E-state index contributed by atoms with van der Waals surface area (Å²) in [6.07, 6.45) is -3.00. The topological polar surface area (TPSA) is 47.6 Å². The molecule has 0 unspecified atom stereocenters. The lowest BCUT2D eigenvalue weighted by Crippen LogP contribution is -2.18. The largest absolute Gasteiger partial charge is 0.573 e. The minimum atomic E-state index is -4.69. The summed E-state index contributed by atoms with van der Waals surface area (Å²) in [6.45, 7) is 6.22. The van der Waals surface area contributed by atoms with Crippen molar-refractivity contribution in [2.45, 2.75) is 39.0 Å². The van der Waals surface area contributed by atoms with Crippen molar-refractivity contribution in [3.8, 4) is 5.75 Å². The number of nitrogens with zero attached hydrogens (tertiary/aromatic N) is 1. The molecule has 3 nitrogen and oxygen atoms in total. The summed E-state index contributed by atoms with van der Waals surface area (Å²) >= 11 is 0. The molecule has 0 amide bonds. The van der Waals surface area contributed by atoms with Gasteiger partial charge in [-0.05, 0) is 35.1 Å². The monoisotopic (exact) mass is 288 g/mol. The number of benzene rings is 1. The third kappa shape index (κ3) is 5.50. The van der Waals surface area contributed by atoms with E-state index >= 15 is 0 Å². The van der Waals surface area contributed by atoms with Gasteiger partial charge in [0.2, 0.25) is 0 Å². The van der Waals surface area contributed by atoms with E-state index in [2.05, 4.69) is 9.73 Å². The molecule has 1 rings (SSSR count). The van der Waals surface area contributed by atoms with Crippen LogP contribution < -0.4 is 10.5 Å². The average molecular weight is 288 g/mol. The van der Waals surface area contributed by atoms with Gasteiger partial charge in [0.1, 0.15) is 5.75 Å². The van der Waals surface area contributed by atoms with Crippen LogP contribution >= 0.6 is 0 Å². The summed E-state index contributed by atoms with van der Waals surface area (Å²) in [7, 11) is 0. The van der Waals surface area contributed by atoms with E-state index in [1.54, 1.807) is 0 Å². The predicted molar refractivity (Wildman–Crippen MR) is 73.1 cm³/mol. The highest BCUT2D eigenvalue weighted by Gasteiger charge is 2.31. The number of rotatable bonds is 4. The summed E-state index contributed by atoms with van der Waals surface area (Å²) in [6, 6.07) is 4.67. The molecule has 0 saturated heterocycles. The highest BCUT2D eigenvalue weighted by Crippen LogP contribution is 2.30. The van der Waals surface area contributed by atoms with Crippen LogP contribution in [-0.2, 0) is 11.8 Å². The van der Waals surface area contributed by atoms with Gasteiger partial charge < -0.3 is 10.5 Å². The van der Waals surface area contributed by atoms with Crippen LogP contribution in [0.15, 0.2) is 23.2 Å². The molecule has 0 heterocycles. The average Bonchev–Trinajstić information content (AvgIpc) is 2.25. The van der Waals surface area contributed by atoms with E-state index < -0.39 is 6.36 Å². The first kappa shape index (κ1) is 16.3. The fraction of sp³-hybridized carbons (Fsp3) is 0.500. The molecule has 0 spiro atoms. The van der Waals surface area contributed by atoms with Crippen LogP contribution in [0.3, 0.4) is 0 Å². The molecule has 0 aliphatic rings. The summed E-state index contributed by atoms with van der Waals surface area (Å²) in [5.41, 5.74) is 6.39. The molecule has 1 aromatic carbocycles. The van der Waals surface area contributed by atoms with Crippen LogP contribution in [-0.4, -0.2) is 19.2 Å². The van der Waals surface area contributed by atoms with Crippen molar-refractivity contribution in [2.75, 3.05) is 6.54 Å². The van der Waals surface area contributed by atoms with E-state index in [0.717, 1.165) is 11.1 Å². The fourth-order valence-electron chi connectivity index (χ4n) is 1.70. The Morgan fingerprint density at radius 1 is 1.20 bits per heavy atom. The van der Waals surface area contributed by atoms with Crippen LogP contribution in [0.5, 0.6) is 5.75 Å². The molecule has 0 saturated carbocycles. The zero-order chi connectivity index (χ0) is 15.4. The molecule has 112 valence electrons. The minimum Gasteiger partial charge on any atom is -0.406 e. The molecule has 0 bridgehead atoms. The second-order valence-corrected chi connectivity index (χ2v) is 5.47. The van der Waals surface area contributed by atoms with Crippen molar-refractivity contribution < 1.29 is 17.9 Å². The van der Waals surface area contributed by atoms with Crippen LogP contribution in [0.2, 0.25) is 0 Å². The quantitative estimate of drug-likeness (QED) is 0.681. The first-order valence-corrected chi connectivity index (χ1v) is 6.22. The molecule has 0 aliphatic carbocycles. The van der Waals surface area contributed by atoms with Crippen molar-refractivity contribution in [2.24, 2.45) is 10.7 Å². The molecule has 6 heteroatoms. The molecule has 0 aromatic heterocycles. The number of hydrogen-bond acceptors (Lipinski definition) is 2. The van der Waals surface area contributed by atoms with Crippen molar-refractivity contribution in [1.29, 1.82) is 0 Å². The maximum absolute atomic E-state index is 12.3. The Morgan fingerprint density at radius 3 is 2.35 bits per heavy atom. The Bertz CT molecular complexity index is 476. The smallest absolute Gasteiger partial charge is 0.406 e. The Hall–Kier alpha value is -1.72. The number of halogens is 3. The van der Waals surface area contributed by atoms with Crippen LogP contribution in [0.4, 0.5) is 13.2 Å². The van der Waals surface area contributed by atoms with Gasteiger partial charge in [0.25, 0.3) is 0 Å². The first-order chi connectivity index (χ1) is 9.12. The maximum Gasteiger partial charge on any atom is 0.573 e. The molecule has 0 aliphatic heterocycles. The summed E-state index contributed by atoms with van der Waals surface area (Å²) in [5.74, 6) is -0.198. The summed E-state index contributed by atoms with van der Waals surface area (Å²) in [4.78, 5) is 3.85. The number of nitrogens with two attached hydrogens (primary N) is 1. The van der Waals surface area contributed by atoms with Gasteiger partial charge in [0.05, 0.1) is 6.34 Å². The van der Waals surface area contributed by atoms with Gasteiger partial charge >= 0.3 is 6.36 Å². The van der Waals surface area contributed by atoms with Crippen molar-refractivity contribution in [3.63, 3.8) is 0 Å². The maximum atomic E-state index is 12.3. The van der Waals surface area contributed by atoms with E-state index in [-0.39, 0.29) is 11.2 Å². The Labute approximate surface area is 116 Å². The number of alkyl halides is 3. The van der Waals surface area contributed by atoms with Crippen LogP contribution in [0.25, 0.3) is 0 Å². The van der Waals surface area contributed by atoms with Crippen LogP contribution in [0.1, 0.15) is 31.9 Å². The normalized spacial score (nSPS) is 12.9. The van der Waals surface area contributed by atoms with Gasteiger partial charge in [-0.15, -0.1) is 13.2 Å². The molecule has 20 heavy (non-hydrogen) atoms. The van der Waals surface area contributed by atoms with Crippen molar-refractivity contribution >= 4 is 6.34 Å².